The third-order valence-corrected chi connectivity index (χ3v) is 1.74. The van der Waals surface area contributed by atoms with E-state index in [-0.39, 0.29) is 5.92 Å². The van der Waals surface area contributed by atoms with Crippen LogP contribution < -0.4 is 0 Å². The van der Waals surface area contributed by atoms with Crippen LogP contribution in [0.2, 0.25) is 0 Å². The molecule has 3 heteroatoms. The molecule has 1 aromatic rings. The maximum atomic E-state index is 8.66. The molecule has 0 amide bonds. The largest absolute Gasteiger partial charge is 0.342 e. The van der Waals surface area contributed by atoms with Crippen LogP contribution in [-0.2, 0) is 0 Å². The fourth-order valence-corrected chi connectivity index (χ4v) is 1.08. The van der Waals surface area contributed by atoms with Gasteiger partial charge in [-0.2, -0.15) is 5.26 Å². The lowest BCUT2D eigenvalue weighted by Crippen LogP contribution is -1.92. The van der Waals surface area contributed by atoms with Gasteiger partial charge in [0.15, 0.2) is 0 Å². The molecule has 1 heterocycles. The molecule has 62 valence electrons. The summed E-state index contributed by atoms with van der Waals surface area (Å²) in [5.74, 6) is 0.569. The van der Waals surface area contributed by atoms with E-state index >= 15 is 0 Å². The van der Waals surface area contributed by atoms with E-state index in [2.05, 4.69) is 22.6 Å². The number of aryl methyl sites for hydroxylation is 1. The number of rotatable bonds is 2. The molecule has 1 unspecified atom stereocenters. The Morgan fingerprint density at radius 2 is 2.42 bits per heavy atom. The number of nitrogens with zero attached hydrogens (tertiary/aromatic N) is 2. The van der Waals surface area contributed by atoms with E-state index in [0.717, 1.165) is 17.2 Å². The number of nitriles is 1. The van der Waals surface area contributed by atoms with Crippen LogP contribution in [0.4, 0.5) is 0 Å². The van der Waals surface area contributed by atoms with Crippen LogP contribution in [0, 0.1) is 18.3 Å². The highest BCUT2D eigenvalue weighted by atomic mass is 14.9. The molecule has 12 heavy (non-hydrogen) atoms. The number of aromatic nitrogens is 2. The normalized spacial score (nSPS) is 12.1. The van der Waals surface area contributed by atoms with Gasteiger partial charge in [0, 0.05) is 5.69 Å². The zero-order valence-electron chi connectivity index (χ0n) is 7.26. The predicted molar refractivity (Wildman–Crippen MR) is 47.4 cm³/mol. The van der Waals surface area contributed by atoms with Gasteiger partial charge < -0.3 is 4.98 Å². The number of imidazole rings is 1. The summed E-state index contributed by atoms with van der Waals surface area (Å²) in [6.07, 6.45) is 1.64. The minimum Gasteiger partial charge on any atom is -0.342 e. The average molecular weight is 161 g/mol. The molecule has 1 rings (SSSR count). The van der Waals surface area contributed by atoms with Crippen molar-refractivity contribution in [2.45, 2.75) is 19.8 Å². The Kier molecular flexibility index (Phi) is 2.29. The Labute approximate surface area is 71.8 Å². The summed E-state index contributed by atoms with van der Waals surface area (Å²) >= 11 is 0. The minimum absolute atomic E-state index is 0.157. The van der Waals surface area contributed by atoms with Crippen molar-refractivity contribution < 1.29 is 0 Å². The lowest BCUT2D eigenvalue weighted by molar-refractivity contribution is 0.919. The van der Waals surface area contributed by atoms with Crippen LogP contribution >= 0.6 is 0 Å². The van der Waals surface area contributed by atoms with Crippen LogP contribution in [-0.4, -0.2) is 9.97 Å². The van der Waals surface area contributed by atoms with Crippen molar-refractivity contribution in [2.24, 2.45) is 0 Å². The van der Waals surface area contributed by atoms with Gasteiger partial charge >= 0.3 is 0 Å². The number of nitrogens with one attached hydrogen (secondary N) is 1. The molecule has 0 spiro atoms. The predicted octanol–water partition coefficient (Wildman–Crippen LogP) is 1.99. The molecule has 0 saturated carbocycles. The van der Waals surface area contributed by atoms with Gasteiger partial charge in [0.2, 0.25) is 0 Å². The molecule has 0 aromatic carbocycles. The van der Waals surface area contributed by atoms with Crippen molar-refractivity contribution in [3.8, 4) is 6.07 Å². The summed E-state index contributed by atoms with van der Waals surface area (Å²) in [6, 6.07) is 2.14. The van der Waals surface area contributed by atoms with Crippen molar-refractivity contribution >= 4 is 6.08 Å². The van der Waals surface area contributed by atoms with Crippen LogP contribution in [0.25, 0.3) is 6.08 Å². The molecular formula is C9H11N3. The summed E-state index contributed by atoms with van der Waals surface area (Å²) in [7, 11) is 0. The maximum Gasteiger partial charge on any atom is 0.129 e. The lowest BCUT2D eigenvalue weighted by atomic mass is 10.1. The number of aromatic amines is 1. The molecule has 3 nitrogen and oxygen atoms in total. The highest BCUT2D eigenvalue weighted by Crippen LogP contribution is 2.16. The van der Waals surface area contributed by atoms with Gasteiger partial charge in [-0.15, -0.1) is 0 Å². The first-order valence-corrected chi connectivity index (χ1v) is 3.77. The summed E-state index contributed by atoms with van der Waals surface area (Å²) < 4.78 is 0. The molecule has 0 aliphatic heterocycles. The lowest BCUT2D eigenvalue weighted by Gasteiger charge is -1.96. The summed E-state index contributed by atoms with van der Waals surface area (Å²) in [5.41, 5.74) is 1.76. The van der Waals surface area contributed by atoms with Gasteiger partial charge in [0.05, 0.1) is 17.7 Å². The van der Waals surface area contributed by atoms with Crippen molar-refractivity contribution in [3.63, 3.8) is 0 Å². The van der Waals surface area contributed by atoms with Crippen molar-refractivity contribution in [2.75, 3.05) is 0 Å². The van der Waals surface area contributed by atoms with E-state index < -0.39 is 0 Å². The second-order valence-electron chi connectivity index (χ2n) is 2.69. The monoisotopic (exact) mass is 161 g/mol. The molecule has 1 aromatic heterocycles. The van der Waals surface area contributed by atoms with E-state index in [9.17, 15) is 0 Å². The van der Waals surface area contributed by atoms with Crippen LogP contribution in [0.3, 0.4) is 0 Å². The molecule has 0 aliphatic rings. The van der Waals surface area contributed by atoms with Crippen molar-refractivity contribution in [3.05, 3.63) is 23.8 Å². The van der Waals surface area contributed by atoms with Gasteiger partial charge in [0.1, 0.15) is 5.82 Å². The number of hydrogen-bond acceptors (Lipinski definition) is 2. The Morgan fingerprint density at radius 3 is 2.83 bits per heavy atom. The molecule has 0 bridgehead atoms. The average Bonchev–Trinajstić information content (AvgIpc) is 2.45. The van der Waals surface area contributed by atoms with E-state index in [0.29, 0.717) is 0 Å². The first-order chi connectivity index (χ1) is 5.69. The zero-order valence-corrected chi connectivity index (χ0v) is 7.26. The summed E-state index contributed by atoms with van der Waals surface area (Å²) in [6.45, 7) is 7.33. The molecular weight excluding hydrogens is 150 g/mol. The van der Waals surface area contributed by atoms with Crippen LogP contribution in [0.5, 0.6) is 0 Å². The van der Waals surface area contributed by atoms with Crippen LogP contribution in [0.15, 0.2) is 6.58 Å². The third kappa shape index (κ3) is 1.37. The topological polar surface area (TPSA) is 52.5 Å². The van der Waals surface area contributed by atoms with Crippen molar-refractivity contribution in [1.82, 2.24) is 9.97 Å². The highest BCUT2D eigenvalue weighted by molar-refractivity contribution is 5.39. The molecule has 1 atom stereocenters. The smallest absolute Gasteiger partial charge is 0.129 e. The zero-order chi connectivity index (χ0) is 9.14. The fraction of sp³-hybridized carbons (Fsp3) is 0.333. The first kappa shape index (κ1) is 8.54. The summed E-state index contributed by atoms with van der Waals surface area (Å²) in [4.78, 5) is 7.23. The third-order valence-electron chi connectivity index (χ3n) is 1.74. The van der Waals surface area contributed by atoms with E-state index in [4.69, 9.17) is 5.26 Å². The number of H-pyrrole nitrogens is 1. The van der Waals surface area contributed by atoms with E-state index in [1.807, 2.05) is 13.8 Å². The first-order valence-electron chi connectivity index (χ1n) is 3.77. The van der Waals surface area contributed by atoms with Crippen LogP contribution in [0.1, 0.15) is 30.1 Å². The van der Waals surface area contributed by atoms with Gasteiger partial charge in [-0.1, -0.05) is 6.58 Å². The Balaban J connectivity index is 3.09. The maximum absolute atomic E-state index is 8.66. The molecule has 0 saturated heterocycles. The van der Waals surface area contributed by atoms with Gasteiger partial charge in [-0.3, -0.25) is 0 Å². The quantitative estimate of drug-likeness (QED) is 0.721. The molecule has 0 radical (unpaired) electrons. The Morgan fingerprint density at radius 1 is 1.75 bits per heavy atom. The van der Waals surface area contributed by atoms with E-state index in [1.165, 1.54) is 0 Å². The standard InChI is InChI=1S/C9H11N3/c1-4-8-11-7(3)9(12-8)6(2)5-10/h4,6H,1H2,2-3H3,(H,11,12). The molecule has 0 aliphatic carbocycles. The van der Waals surface area contributed by atoms with Gasteiger partial charge in [-0.05, 0) is 19.9 Å². The molecule has 0 fully saturated rings. The second kappa shape index (κ2) is 3.22. The minimum atomic E-state index is -0.157. The Hall–Kier alpha value is -1.56. The Bertz CT molecular complexity index is 330. The SMILES string of the molecule is C=Cc1nc(C(C)C#N)c(C)[nH]1. The van der Waals surface area contributed by atoms with Crippen molar-refractivity contribution in [1.29, 1.82) is 5.26 Å². The van der Waals surface area contributed by atoms with Gasteiger partial charge in [0.25, 0.3) is 0 Å². The fourth-order valence-electron chi connectivity index (χ4n) is 1.08. The summed E-state index contributed by atoms with van der Waals surface area (Å²) in [5, 5.41) is 8.66. The van der Waals surface area contributed by atoms with Gasteiger partial charge in [-0.25, -0.2) is 4.98 Å². The second-order valence-corrected chi connectivity index (χ2v) is 2.69. The number of hydrogen-bond donors (Lipinski definition) is 1. The van der Waals surface area contributed by atoms with E-state index in [1.54, 1.807) is 6.08 Å². The highest BCUT2D eigenvalue weighted by Gasteiger charge is 2.11. The molecule has 1 N–H and O–H groups in total.